The van der Waals surface area contributed by atoms with Gasteiger partial charge in [0.05, 0.1) is 12.2 Å². The third-order valence-corrected chi connectivity index (χ3v) is 6.37. The van der Waals surface area contributed by atoms with Gasteiger partial charge in [0.2, 0.25) is 11.3 Å². The van der Waals surface area contributed by atoms with E-state index in [1.54, 1.807) is 7.05 Å². The Labute approximate surface area is 149 Å². The van der Waals surface area contributed by atoms with Crippen LogP contribution in [0.4, 0.5) is 0 Å². The lowest BCUT2D eigenvalue weighted by Crippen LogP contribution is -2.59. The third kappa shape index (κ3) is 5.75. The second-order valence-electron chi connectivity index (χ2n) is 7.78. The first-order valence-corrected chi connectivity index (χ1v) is 10.4. The summed E-state index contributed by atoms with van der Waals surface area (Å²) in [5.74, 6) is 1.53. The van der Waals surface area contributed by atoms with Gasteiger partial charge < -0.3 is 15.8 Å². The molecule has 0 amide bonds. The molecule has 0 bridgehead atoms. The lowest BCUT2D eigenvalue weighted by atomic mass is 9.80. The molecular formula is C17H35N3O3S. The molecule has 24 heavy (non-hydrogen) atoms. The predicted molar refractivity (Wildman–Crippen MR) is 97.9 cm³/mol. The van der Waals surface area contributed by atoms with Gasteiger partial charge in [0.15, 0.2) is 0 Å². The minimum absolute atomic E-state index is 0.0382. The van der Waals surface area contributed by atoms with E-state index in [9.17, 15) is 8.76 Å². The summed E-state index contributed by atoms with van der Waals surface area (Å²) in [7, 11) is 1.65. The zero-order chi connectivity index (χ0) is 17.7. The summed E-state index contributed by atoms with van der Waals surface area (Å²) >= 11 is -1.98. The Kier molecular flexibility index (Phi) is 8.10. The van der Waals surface area contributed by atoms with E-state index in [1.807, 2.05) is 0 Å². The summed E-state index contributed by atoms with van der Waals surface area (Å²) in [6, 6.07) is 0.0869. The molecule has 2 rings (SSSR count). The fourth-order valence-corrected chi connectivity index (χ4v) is 4.32. The van der Waals surface area contributed by atoms with Gasteiger partial charge in [-0.05, 0) is 56.9 Å². The van der Waals surface area contributed by atoms with Gasteiger partial charge >= 0.3 is 0 Å². The summed E-state index contributed by atoms with van der Waals surface area (Å²) in [5, 5.41) is 3.47. The molecule has 142 valence electrons. The van der Waals surface area contributed by atoms with Gasteiger partial charge in [0.1, 0.15) is 0 Å². The Morgan fingerprint density at radius 1 is 1.29 bits per heavy atom. The van der Waals surface area contributed by atoms with Crippen molar-refractivity contribution in [1.29, 1.82) is 0 Å². The highest BCUT2D eigenvalue weighted by atomic mass is 32.2. The van der Waals surface area contributed by atoms with Crippen molar-refractivity contribution in [1.82, 2.24) is 9.62 Å². The van der Waals surface area contributed by atoms with Crippen molar-refractivity contribution in [3.05, 3.63) is 0 Å². The normalized spacial score (nSPS) is 34.5. The predicted octanol–water partition coefficient (Wildman–Crippen LogP) is 1.73. The van der Waals surface area contributed by atoms with Crippen LogP contribution in [0.2, 0.25) is 0 Å². The summed E-state index contributed by atoms with van der Waals surface area (Å²) in [6.07, 6.45) is 6.71. The molecule has 1 unspecified atom stereocenters. The Balaban J connectivity index is 1.96. The largest absolute Gasteiger partial charge is 0.372 e. The van der Waals surface area contributed by atoms with Crippen molar-refractivity contribution in [2.45, 2.75) is 76.7 Å². The van der Waals surface area contributed by atoms with Crippen LogP contribution >= 0.6 is 0 Å². The first-order chi connectivity index (χ1) is 11.4. The molecule has 2 aliphatic rings. The molecule has 4 N–H and O–H groups in total. The highest BCUT2D eigenvalue weighted by Crippen LogP contribution is 2.32. The Morgan fingerprint density at radius 2 is 1.96 bits per heavy atom. The van der Waals surface area contributed by atoms with Gasteiger partial charge in [-0.2, -0.15) is 0 Å². The maximum absolute atomic E-state index is 11.3. The van der Waals surface area contributed by atoms with Crippen LogP contribution in [0.5, 0.6) is 0 Å². The van der Waals surface area contributed by atoms with Crippen LogP contribution in [-0.4, -0.2) is 57.5 Å². The maximum Gasteiger partial charge on any atom is 0.234 e. The number of hydrogen-bond donors (Lipinski definition) is 3. The molecule has 7 heteroatoms. The number of rotatable bonds is 7. The fraction of sp³-hybridized carbons (Fsp3) is 1.00. The van der Waals surface area contributed by atoms with Crippen LogP contribution in [0, 0.1) is 11.8 Å². The van der Waals surface area contributed by atoms with Crippen LogP contribution in [0.1, 0.15) is 52.4 Å². The summed E-state index contributed by atoms with van der Waals surface area (Å²) in [4.78, 5) is 0. The fourth-order valence-electron chi connectivity index (χ4n) is 4.04. The van der Waals surface area contributed by atoms with Crippen LogP contribution in [0.25, 0.3) is 0 Å². The van der Waals surface area contributed by atoms with E-state index in [0.717, 1.165) is 44.1 Å². The Bertz CT molecular complexity index is 403. The van der Waals surface area contributed by atoms with Crippen molar-refractivity contribution in [3.63, 3.8) is 0 Å². The monoisotopic (exact) mass is 361 g/mol. The number of nitrogens with two attached hydrogens (primary N) is 1. The molecule has 1 heterocycles. The molecule has 1 aliphatic heterocycles. The smallest absolute Gasteiger partial charge is 0.234 e. The van der Waals surface area contributed by atoms with Crippen LogP contribution in [-0.2, 0) is 16.0 Å². The summed E-state index contributed by atoms with van der Waals surface area (Å²) < 4.78 is 28.5. The zero-order valence-electron chi connectivity index (χ0n) is 15.3. The maximum atomic E-state index is 11.3. The number of ether oxygens (including phenoxy) is 1. The number of piperidine rings is 1. The van der Waals surface area contributed by atoms with E-state index in [4.69, 9.17) is 10.5 Å². The average molecular weight is 362 g/mol. The van der Waals surface area contributed by atoms with E-state index in [-0.39, 0.29) is 24.3 Å². The molecule has 1 saturated heterocycles. The molecule has 1 saturated carbocycles. The van der Waals surface area contributed by atoms with Gasteiger partial charge in [0.25, 0.3) is 0 Å². The van der Waals surface area contributed by atoms with Gasteiger partial charge in [0, 0.05) is 25.7 Å². The molecule has 0 spiro atoms. The quantitative estimate of drug-likeness (QED) is 0.601. The van der Waals surface area contributed by atoms with Crippen molar-refractivity contribution in [2.24, 2.45) is 17.6 Å². The highest BCUT2D eigenvalue weighted by Gasteiger charge is 2.34. The Morgan fingerprint density at radius 3 is 2.50 bits per heavy atom. The van der Waals surface area contributed by atoms with Gasteiger partial charge in [-0.3, -0.25) is 4.55 Å². The van der Waals surface area contributed by atoms with Crippen molar-refractivity contribution < 1.29 is 13.5 Å². The highest BCUT2D eigenvalue weighted by molar-refractivity contribution is 7.76. The molecule has 0 aromatic carbocycles. The van der Waals surface area contributed by atoms with E-state index in [1.165, 1.54) is 17.1 Å². The second kappa shape index (κ2) is 9.59. The first kappa shape index (κ1) is 20.3. The lowest BCUT2D eigenvalue weighted by molar-refractivity contribution is -0.0652. The lowest BCUT2D eigenvalue weighted by Gasteiger charge is -2.40. The molecule has 4 atom stereocenters. The SMILES string of the molecule is CC(C)[C@H]1CC[C@@H](O[C@H](CN(C)S(=O)O)[C@@H]2NCCC[C@@H]2N)CC1. The molecule has 0 aromatic rings. The second-order valence-corrected chi connectivity index (χ2v) is 8.87. The van der Waals surface area contributed by atoms with E-state index in [0.29, 0.717) is 6.54 Å². The standard InChI is InChI=1S/C17H35N3O3S/c1-12(2)13-6-8-14(9-7-13)23-16(11-20(3)24(21)22)17-15(18)5-4-10-19-17/h12-17,19H,4-11,18H2,1-3H3,(H,21,22)/t13-,14+,15-,16+,17+/m0/s1. The van der Waals surface area contributed by atoms with Gasteiger partial charge in [-0.15, -0.1) is 0 Å². The van der Waals surface area contributed by atoms with Crippen molar-refractivity contribution in [3.8, 4) is 0 Å². The molecular weight excluding hydrogens is 326 g/mol. The number of likely N-dealkylation sites (N-methyl/N-ethyl adjacent to an activating group) is 1. The number of hydrogen-bond acceptors (Lipinski definition) is 4. The third-order valence-electron chi connectivity index (χ3n) is 5.69. The number of nitrogens with zero attached hydrogens (tertiary/aromatic N) is 1. The van der Waals surface area contributed by atoms with E-state index >= 15 is 0 Å². The molecule has 0 radical (unpaired) electrons. The average Bonchev–Trinajstić information content (AvgIpc) is 2.55. The van der Waals surface area contributed by atoms with Gasteiger partial charge in [-0.25, -0.2) is 8.51 Å². The van der Waals surface area contributed by atoms with Gasteiger partial charge in [-0.1, -0.05) is 13.8 Å². The molecule has 2 fully saturated rings. The molecule has 1 aliphatic carbocycles. The van der Waals surface area contributed by atoms with Crippen molar-refractivity contribution in [2.75, 3.05) is 20.1 Å². The number of nitrogens with one attached hydrogen (secondary N) is 1. The topological polar surface area (TPSA) is 87.8 Å². The minimum atomic E-state index is -1.98. The van der Waals surface area contributed by atoms with Crippen molar-refractivity contribution >= 4 is 11.3 Å². The summed E-state index contributed by atoms with van der Waals surface area (Å²) in [5.41, 5.74) is 6.30. The summed E-state index contributed by atoms with van der Waals surface area (Å²) in [6.45, 7) is 5.94. The molecule has 6 nitrogen and oxygen atoms in total. The van der Waals surface area contributed by atoms with E-state index < -0.39 is 11.3 Å². The Hall–Kier alpha value is -0.0500. The van der Waals surface area contributed by atoms with E-state index in [2.05, 4.69) is 19.2 Å². The molecule has 0 aromatic heterocycles. The van der Waals surface area contributed by atoms with Crippen LogP contribution < -0.4 is 11.1 Å². The van der Waals surface area contributed by atoms with Crippen LogP contribution in [0.3, 0.4) is 0 Å². The van der Waals surface area contributed by atoms with Crippen LogP contribution in [0.15, 0.2) is 0 Å². The minimum Gasteiger partial charge on any atom is -0.372 e. The first-order valence-electron chi connectivity index (χ1n) is 9.35. The zero-order valence-corrected chi connectivity index (χ0v) is 16.1.